The van der Waals surface area contributed by atoms with Gasteiger partial charge in [-0.2, -0.15) is 0 Å². The van der Waals surface area contributed by atoms with Gasteiger partial charge in [-0.3, -0.25) is 0 Å². The standard InChI is InChI=1S/C16H26.Ru/c1-6-12-11-13(7-2)15(9-4)16(10-5)14(12)8-3;/h11H,6-10H2,1-5H3;. The molecule has 1 heteroatoms. The maximum absolute atomic E-state index is 2.46. The molecule has 0 heterocycles. The van der Waals surface area contributed by atoms with Crippen molar-refractivity contribution in [1.29, 1.82) is 0 Å². The molecule has 0 unspecified atom stereocenters. The van der Waals surface area contributed by atoms with Gasteiger partial charge in [0.2, 0.25) is 0 Å². The van der Waals surface area contributed by atoms with E-state index in [9.17, 15) is 0 Å². The van der Waals surface area contributed by atoms with E-state index in [1.165, 1.54) is 32.1 Å². The number of hydrogen-bond donors (Lipinski definition) is 0. The number of benzene rings is 1. The predicted molar refractivity (Wildman–Crippen MR) is 73.3 cm³/mol. The van der Waals surface area contributed by atoms with E-state index >= 15 is 0 Å². The van der Waals surface area contributed by atoms with E-state index in [4.69, 9.17) is 0 Å². The Balaban J connectivity index is 0.00000256. The Hall–Kier alpha value is -0.157. The van der Waals surface area contributed by atoms with Crippen LogP contribution in [0.15, 0.2) is 6.07 Å². The van der Waals surface area contributed by atoms with Crippen LogP contribution in [-0.2, 0) is 51.6 Å². The van der Waals surface area contributed by atoms with Crippen LogP contribution in [0.5, 0.6) is 0 Å². The van der Waals surface area contributed by atoms with Gasteiger partial charge >= 0.3 is 0 Å². The van der Waals surface area contributed by atoms with Gasteiger partial charge in [-0.25, -0.2) is 0 Å². The number of rotatable bonds is 5. The minimum absolute atomic E-state index is 0. The van der Waals surface area contributed by atoms with Crippen molar-refractivity contribution in [2.24, 2.45) is 0 Å². The van der Waals surface area contributed by atoms with Gasteiger partial charge < -0.3 is 0 Å². The van der Waals surface area contributed by atoms with E-state index < -0.39 is 0 Å². The summed E-state index contributed by atoms with van der Waals surface area (Å²) in [6.07, 6.45) is 5.90. The SMILES string of the molecule is CCc1cc(CC)c(CC)c(CC)c1CC.[Ru]. The fraction of sp³-hybridized carbons (Fsp3) is 0.625. The van der Waals surface area contributed by atoms with E-state index in [2.05, 4.69) is 40.7 Å². The average Bonchev–Trinajstić information content (AvgIpc) is 2.35. The Morgan fingerprint density at radius 3 is 1.18 bits per heavy atom. The van der Waals surface area contributed by atoms with Crippen molar-refractivity contribution in [2.75, 3.05) is 0 Å². The molecule has 0 fully saturated rings. The predicted octanol–water partition coefficient (Wildman–Crippen LogP) is 4.50. The fourth-order valence-corrected chi connectivity index (χ4v) is 2.89. The topological polar surface area (TPSA) is 0 Å². The Labute approximate surface area is 120 Å². The minimum atomic E-state index is 0. The molecule has 0 aliphatic heterocycles. The quantitative estimate of drug-likeness (QED) is 0.701. The zero-order chi connectivity index (χ0) is 12.1. The first-order valence-corrected chi connectivity index (χ1v) is 6.88. The maximum atomic E-state index is 2.46. The van der Waals surface area contributed by atoms with E-state index in [0.29, 0.717) is 0 Å². The molecular formula is C16H26Ru. The molecule has 0 atom stereocenters. The van der Waals surface area contributed by atoms with Crippen LogP contribution in [0.1, 0.15) is 62.4 Å². The molecule has 0 aliphatic rings. The van der Waals surface area contributed by atoms with Gasteiger partial charge in [0.15, 0.2) is 0 Å². The second kappa shape index (κ2) is 8.03. The van der Waals surface area contributed by atoms with Crippen LogP contribution in [0.2, 0.25) is 0 Å². The molecule has 0 amide bonds. The Bertz CT molecular complexity index is 323. The largest absolute Gasteiger partial charge is 0.0613 e. The molecule has 0 saturated heterocycles. The van der Waals surface area contributed by atoms with Crippen LogP contribution < -0.4 is 0 Å². The molecule has 0 spiro atoms. The third-order valence-electron chi connectivity index (χ3n) is 3.67. The molecule has 0 aliphatic carbocycles. The van der Waals surface area contributed by atoms with Crippen LogP contribution in [0.4, 0.5) is 0 Å². The Morgan fingerprint density at radius 2 is 0.941 bits per heavy atom. The van der Waals surface area contributed by atoms with Gasteiger partial charge in [-0.05, 0) is 59.9 Å². The zero-order valence-electron chi connectivity index (χ0n) is 12.0. The summed E-state index contributed by atoms with van der Waals surface area (Å²) in [5.74, 6) is 0. The van der Waals surface area contributed by atoms with E-state index in [1.807, 2.05) is 0 Å². The van der Waals surface area contributed by atoms with Gasteiger partial charge in [0, 0.05) is 19.5 Å². The summed E-state index contributed by atoms with van der Waals surface area (Å²) >= 11 is 0. The van der Waals surface area contributed by atoms with Crippen LogP contribution in [-0.4, -0.2) is 0 Å². The number of hydrogen-bond acceptors (Lipinski definition) is 0. The summed E-state index contributed by atoms with van der Waals surface area (Å²) in [4.78, 5) is 0. The monoisotopic (exact) mass is 320 g/mol. The van der Waals surface area contributed by atoms with Crippen LogP contribution >= 0.6 is 0 Å². The van der Waals surface area contributed by atoms with Crippen molar-refractivity contribution in [1.82, 2.24) is 0 Å². The van der Waals surface area contributed by atoms with Crippen LogP contribution in [0.25, 0.3) is 0 Å². The molecule has 1 aromatic rings. The third-order valence-corrected chi connectivity index (χ3v) is 3.67. The normalized spacial score (nSPS) is 10.2. The summed E-state index contributed by atoms with van der Waals surface area (Å²) in [7, 11) is 0. The first-order chi connectivity index (χ1) is 7.73. The van der Waals surface area contributed by atoms with Gasteiger partial charge in [0.1, 0.15) is 0 Å². The molecular weight excluding hydrogens is 293 g/mol. The zero-order valence-corrected chi connectivity index (χ0v) is 13.7. The molecule has 1 rings (SSSR count). The molecule has 1 aromatic carbocycles. The molecule has 0 saturated carbocycles. The van der Waals surface area contributed by atoms with Crippen molar-refractivity contribution in [3.63, 3.8) is 0 Å². The van der Waals surface area contributed by atoms with Gasteiger partial charge in [-0.15, -0.1) is 0 Å². The van der Waals surface area contributed by atoms with Crippen molar-refractivity contribution >= 4 is 0 Å². The number of aryl methyl sites for hydroxylation is 2. The summed E-state index contributed by atoms with van der Waals surface area (Å²) in [6.45, 7) is 11.4. The summed E-state index contributed by atoms with van der Waals surface area (Å²) in [6, 6.07) is 2.46. The molecule has 17 heavy (non-hydrogen) atoms. The van der Waals surface area contributed by atoms with Crippen molar-refractivity contribution in [3.8, 4) is 0 Å². The third kappa shape index (κ3) is 3.41. The summed E-state index contributed by atoms with van der Waals surface area (Å²) < 4.78 is 0. The van der Waals surface area contributed by atoms with E-state index in [0.717, 1.165) is 0 Å². The Morgan fingerprint density at radius 1 is 0.588 bits per heavy atom. The second-order valence-electron chi connectivity index (χ2n) is 4.40. The Kier molecular flexibility index (Phi) is 7.96. The van der Waals surface area contributed by atoms with Gasteiger partial charge in [0.05, 0.1) is 0 Å². The van der Waals surface area contributed by atoms with Gasteiger partial charge in [-0.1, -0.05) is 40.7 Å². The summed E-state index contributed by atoms with van der Waals surface area (Å²) in [5, 5.41) is 0. The smallest absolute Gasteiger partial charge is 0 e. The van der Waals surface area contributed by atoms with Crippen molar-refractivity contribution in [3.05, 3.63) is 33.9 Å². The molecule has 0 bridgehead atoms. The molecule has 0 nitrogen and oxygen atoms in total. The average molecular weight is 319 g/mol. The molecule has 0 N–H and O–H groups in total. The molecule has 0 radical (unpaired) electrons. The molecule has 98 valence electrons. The van der Waals surface area contributed by atoms with Crippen molar-refractivity contribution < 1.29 is 19.5 Å². The first kappa shape index (κ1) is 16.8. The second-order valence-corrected chi connectivity index (χ2v) is 4.40. The van der Waals surface area contributed by atoms with Crippen LogP contribution in [0, 0.1) is 0 Å². The minimum Gasteiger partial charge on any atom is -0.0613 e. The van der Waals surface area contributed by atoms with E-state index in [1.54, 1.807) is 27.8 Å². The molecule has 0 aromatic heterocycles. The first-order valence-electron chi connectivity index (χ1n) is 6.88. The maximum Gasteiger partial charge on any atom is 0 e. The van der Waals surface area contributed by atoms with Crippen LogP contribution in [0.3, 0.4) is 0 Å². The van der Waals surface area contributed by atoms with Crippen molar-refractivity contribution in [2.45, 2.75) is 66.7 Å². The van der Waals surface area contributed by atoms with E-state index in [-0.39, 0.29) is 19.5 Å². The fourth-order valence-electron chi connectivity index (χ4n) is 2.89. The summed E-state index contributed by atoms with van der Waals surface area (Å²) in [5.41, 5.74) is 8.04. The van der Waals surface area contributed by atoms with Gasteiger partial charge in [0.25, 0.3) is 0 Å².